The molecule has 0 amide bonds. The SMILES string of the molecule is Cc1cc(S(=O)(=O)Nc2ccc(Br)cn2)ccc1C#N. The maximum Gasteiger partial charge on any atom is 0.263 e. The van der Waals surface area contributed by atoms with Gasteiger partial charge in [0.25, 0.3) is 10.0 Å². The van der Waals surface area contributed by atoms with E-state index in [1.807, 2.05) is 6.07 Å². The standard InChI is InChI=1S/C13H10BrN3O2S/c1-9-6-12(4-2-10(9)7-15)20(18,19)17-13-5-3-11(14)8-16-13/h2-6,8H,1H3,(H,16,17). The summed E-state index contributed by atoms with van der Waals surface area (Å²) in [6.45, 7) is 1.69. The first-order valence-electron chi connectivity index (χ1n) is 5.57. The minimum absolute atomic E-state index is 0.0960. The molecule has 0 aliphatic rings. The Hall–Kier alpha value is -1.91. The molecule has 2 rings (SSSR count). The first-order valence-corrected chi connectivity index (χ1v) is 7.85. The molecule has 0 unspecified atom stereocenters. The van der Waals surface area contributed by atoms with Crippen LogP contribution >= 0.6 is 15.9 Å². The van der Waals surface area contributed by atoms with Gasteiger partial charge in [-0.3, -0.25) is 4.72 Å². The van der Waals surface area contributed by atoms with Crippen molar-refractivity contribution in [2.75, 3.05) is 4.72 Å². The fourth-order valence-electron chi connectivity index (χ4n) is 1.56. The Kier molecular flexibility index (Phi) is 4.06. The molecule has 7 heteroatoms. The second-order valence-corrected chi connectivity index (χ2v) is 6.65. The topological polar surface area (TPSA) is 82.8 Å². The van der Waals surface area contributed by atoms with Gasteiger partial charge in [-0.25, -0.2) is 13.4 Å². The molecule has 20 heavy (non-hydrogen) atoms. The lowest BCUT2D eigenvalue weighted by atomic mass is 10.1. The van der Waals surface area contributed by atoms with Gasteiger partial charge in [-0.2, -0.15) is 5.26 Å². The number of hydrogen-bond donors (Lipinski definition) is 1. The number of aryl methyl sites for hydroxylation is 1. The highest BCUT2D eigenvalue weighted by atomic mass is 79.9. The summed E-state index contributed by atoms with van der Waals surface area (Å²) in [7, 11) is -3.71. The Bertz CT molecular complexity index is 780. The molecule has 0 atom stereocenters. The van der Waals surface area contributed by atoms with Gasteiger partial charge in [0, 0.05) is 10.7 Å². The van der Waals surface area contributed by atoms with Crippen LogP contribution < -0.4 is 4.72 Å². The summed E-state index contributed by atoms with van der Waals surface area (Å²) in [5, 5.41) is 8.84. The smallest absolute Gasteiger partial charge is 0.263 e. The van der Waals surface area contributed by atoms with Gasteiger partial charge >= 0.3 is 0 Å². The number of nitrogens with zero attached hydrogens (tertiary/aromatic N) is 2. The molecule has 0 fully saturated rings. The van der Waals surface area contributed by atoms with Gasteiger partial charge < -0.3 is 0 Å². The average molecular weight is 352 g/mol. The molecule has 0 spiro atoms. The van der Waals surface area contributed by atoms with Crippen molar-refractivity contribution < 1.29 is 8.42 Å². The molecule has 1 aromatic carbocycles. The molecular formula is C13H10BrN3O2S. The Balaban J connectivity index is 2.33. The predicted octanol–water partition coefficient (Wildman–Crippen LogP) is 2.83. The number of nitriles is 1. The summed E-state index contributed by atoms with van der Waals surface area (Å²) < 4.78 is 27.5. The minimum Gasteiger partial charge on any atom is -0.263 e. The first-order chi connectivity index (χ1) is 9.42. The van der Waals surface area contributed by atoms with Crippen LogP contribution in [0.5, 0.6) is 0 Å². The summed E-state index contributed by atoms with van der Waals surface area (Å²) in [6.07, 6.45) is 1.50. The highest BCUT2D eigenvalue weighted by Crippen LogP contribution is 2.18. The van der Waals surface area contributed by atoms with Crippen LogP contribution in [-0.4, -0.2) is 13.4 Å². The number of anilines is 1. The molecule has 1 aromatic heterocycles. The van der Waals surface area contributed by atoms with Crippen molar-refractivity contribution in [3.05, 3.63) is 52.1 Å². The lowest BCUT2D eigenvalue weighted by molar-refractivity contribution is 0.601. The molecule has 0 aliphatic carbocycles. The lowest BCUT2D eigenvalue weighted by Crippen LogP contribution is -2.14. The van der Waals surface area contributed by atoms with Gasteiger partial charge in [-0.1, -0.05) is 0 Å². The van der Waals surface area contributed by atoms with Crippen molar-refractivity contribution in [2.45, 2.75) is 11.8 Å². The van der Waals surface area contributed by atoms with E-state index in [1.54, 1.807) is 19.1 Å². The van der Waals surface area contributed by atoms with Crippen LogP contribution in [0, 0.1) is 18.3 Å². The van der Waals surface area contributed by atoms with Gasteiger partial charge in [-0.15, -0.1) is 0 Å². The summed E-state index contributed by atoms with van der Waals surface area (Å²) >= 11 is 3.23. The number of rotatable bonds is 3. The number of hydrogen-bond acceptors (Lipinski definition) is 4. The predicted molar refractivity (Wildman–Crippen MR) is 78.6 cm³/mol. The minimum atomic E-state index is -3.71. The summed E-state index contributed by atoms with van der Waals surface area (Å²) in [5.41, 5.74) is 1.06. The molecule has 1 N–H and O–H groups in total. The Labute approximate surface area is 125 Å². The fraction of sp³-hybridized carbons (Fsp3) is 0.0769. The van der Waals surface area contributed by atoms with E-state index in [2.05, 4.69) is 25.6 Å². The van der Waals surface area contributed by atoms with Gasteiger partial charge in [0.15, 0.2) is 0 Å². The zero-order valence-electron chi connectivity index (χ0n) is 10.5. The third kappa shape index (κ3) is 3.15. The number of aromatic nitrogens is 1. The van der Waals surface area contributed by atoms with Gasteiger partial charge in [0.2, 0.25) is 0 Å². The van der Waals surface area contributed by atoms with Crippen molar-refractivity contribution in [2.24, 2.45) is 0 Å². The highest BCUT2D eigenvalue weighted by molar-refractivity contribution is 9.10. The summed E-state index contributed by atoms with van der Waals surface area (Å²) in [6, 6.07) is 9.58. The number of nitrogens with one attached hydrogen (secondary N) is 1. The molecular weight excluding hydrogens is 342 g/mol. The largest absolute Gasteiger partial charge is 0.263 e. The van der Waals surface area contributed by atoms with Crippen LogP contribution in [0.4, 0.5) is 5.82 Å². The molecule has 0 saturated carbocycles. The van der Waals surface area contributed by atoms with E-state index in [0.29, 0.717) is 11.1 Å². The molecule has 0 bridgehead atoms. The van der Waals surface area contributed by atoms with Gasteiger partial charge in [0.1, 0.15) is 5.82 Å². The molecule has 102 valence electrons. The fourth-order valence-corrected chi connectivity index (χ4v) is 2.89. The molecule has 0 aliphatic heterocycles. The van der Waals surface area contributed by atoms with Crippen LogP contribution in [0.1, 0.15) is 11.1 Å². The first kappa shape index (κ1) is 14.5. The number of halogens is 1. The third-order valence-corrected chi connectivity index (χ3v) is 4.42. The Morgan fingerprint density at radius 1 is 1.30 bits per heavy atom. The van der Waals surface area contributed by atoms with Crippen LogP contribution in [0.15, 0.2) is 45.9 Å². The monoisotopic (exact) mass is 351 g/mol. The van der Waals surface area contributed by atoms with E-state index in [1.165, 1.54) is 24.4 Å². The molecule has 0 saturated heterocycles. The number of sulfonamides is 1. The quantitative estimate of drug-likeness (QED) is 0.921. The molecule has 0 radical (unpaired) electrons. The van der Waals surface area contributed by atoms with Gasteiger partial charge in [0.05, 0.1) is 16.5 Å². The van der Waals surface area contributed by atoms with Crippen molar-refractivity contribution in [1.29, 1.82) is 5.26 Å². The molecule has 5 nitrogen and oxygen atoms in total. The van der Waals surface area contributed by atoms with Crippen molar-refractivity contribution >= 4 is 31.8 Å². The summed E-state index contributed by atoms with van der Waals surface area (Å²) in [5.74, 6) is 0.232. The van der Waals surface area contributed by atoms with Crippen LogP contribution in [0.25, 0.3) is 0 Å². The van der Waals surface area contributed by atoms with Crippen molar-refractivity contribution in [3.63, 3.8) is 0 Å². The van der Waals surface area contributed by atoms with Crippen LogP contribution in [-0.2, 0) is 10.0 Å². The van der Waals surface area contributed by atoms with E-state index in [0.717, 1.165) is 4.47 Å². The van der Waals surface area contributed by atoms with E-state index in [4.69, 9.17) is 5.26 Å². The average Bonchev–Trinajstić information content (AvgIpc) is 2.41. The summed E-state index contributed by atoms with van der Waals surface area (Å²) in [4.78, 5) is 4.05. The number of benzene rings is 1. The van der Waals surface area contributed by atoms with Crippen LogP contribution in [0.3, 0.4) is 0 Å². The van der Waals surface area contributed by atoms with Crippen molar-refractivity contribution in [3.8, 4) is 6.07 Å². The van der Waals surface area contributed by atoms with E-state index in [-0.39, 0.29) is 10.7 Å². The zero-order valence-corrected chi connectivity index (χ0v) is 12.9. The number of pyridine rings is 1. The van der Waals surface area contributed by atoms with Crippen LogP contribution in [0.2, 0.25) is 0 Å². The second kappa shape index (κ2) is 5.61. The maximum absolute atomic E-state index is 12.2. The lowest BCUT2D eigenvalue weighted by Gasteiger charge is -2.08. The maximum atomic E-state index is 12.2. The zero-order chi connectivity index (χ0) is 14.8. The molecule has 1 heterocycles. The second-order valence-electron chi connectivity index (χ2n) is 4.06. The highest BCUT2D eigenvalue weighted by Gasteiger charge is 2.15. The molecule has 2 aromatic rings. The van der Waals surface area contributed by atoms with E-state index < -0.39 is 10.0 Å². The van der Waals surface area contributed by atoms with Crippen molar-refractivity contribution in [1.82, 2.24) is 4.98 Å². The van der Waals surface area contributed by atoms with E-state index >= 15 is 0 Å². The van der Waals surface area contributed by atoms with E-state index in [9.17, 15) is 8.42 Å². The van der Waals surface area contributed by atoms with Gasteiger partial charge in [-0.05, 0) is 58.7 Å². The normalized spacial score (nSPS) is 10.8. The Morgan fingerprint density at radius 2 is 2.05 bits per heavy atom. The Morgan fingerprint density at radius 3 is 2.60 bits per heavy atom. The third-order valence-electron chi connectivity index (χ3n) is 2.59.